The van der Waals surface area contributed by atoms with Crippen molar-refractivity contribution in [2.24, 2.45) is 5.73 Å². The second kappa shape index (κ2) is 9.01. The fraction of sp³-hybridized carbons (Fsp3) is 0.238. The van der Waals surface area contributed by atoms with Gasteiger partial charge in [-0.1, -0.05) is 42.5 Å². The molecule has 0 aliphatic carbocycles. The number of hydrogen-bond donors (Lipinski definition) is 2. The first-order valence-electron chi connectivity index (χ1n) is 9.27. The molecular formula is C21H22N4O4. The van der Waals surface area contributed by atoms with Gasteiger partial charge in [0, 0.05) is 32.5 Å². The third-order valence-electron chi connectivity index (χ3n) is 4.65. The number of rotatable bonds is 8. The summed E-state index contributed by atoms with van der Waals surface area (Å²) in [6, 6.07) is 16.2. The summed E-state index contributed by atoms with van der Waals surface area (Å²) < 4.78 is 1.38. The van der Waals surface area contributed by atoms with Gasteiger partial charge in [0.2, 0.25) is 11.8 Å². The van der Waals surface area contributed by atoms with Crippen molar-refractivity contribution >= 4 is 22.7 Å². The third kappa shape index (κ3) is 4.98. The zero-order valence-electron chi connectivity index (χ0n) is 15.8. The molecule has 0 radical (unpaired) electrons. The van der Waals surface area contributed by atoms with Gasteiger partial charge in [0.1, 0.15) is 0 Å². The molecule has 0 atom stereocenters. The summed E-state index contributed by atoms with van der Waals surface area (Å²) in [5.41, 5.74) is 5.62. The highest BCUT2D eigenvalue weighted by molar-refractivity contribution is 5.79. The van der Waals surface area contributed by atoms with E-state index in [4.69, 9.17) is 5.73 Å². The molecule has 2 amide bonds. The summed E-state index contributed by atoms with van der Waals surface area (Å²) in [7, 11) is 0. The molecule has 0 saturated heterocycles. The predicted octanol–water partition coefficient (Wildman–Crippen LogP) is 0.984. The minimum absolute atomic E-state index is 0.0432. The molecule has 1 heterocycles. The molecule has 0 aliphatic heterocycles. The van der Waals surface area contributed by atoms with Gasteiger partial charge in [-0.2, -0.15) is 0 Å². The molecule has 8 nitrogen and oxygen atoms in total. The summed E-state index contributed by atoms with van der Waals surface area (Å²) in [4.78, 5) is 52.1. The maximum atomic E-state index is 12.8. The second-order valence-corrected chi connectivity index (χ2v) is 6.70. The van der Waals surface area contributed by atoms with E-state index in [1.165, 1.54) is 4.57 Å². The highest BCUT2D eigenvalue weighted by atomic mass is 16.2. The number of hydrogen-bond acceptors (Lipinski definition) is 4. The maximum Gasteiger partial charge on any atom is 0.328 e. The number of aromatic nitrogens is 2. The van der Waals surface area contributed by atoms with Crippen molar-refractivity contribution in [2.75, 3.05) is 6.54 Å². The van der Waals surface area contributed by atoms with Crippen molar-refractivity contribution < 1.29 is 9.59 Å². The fourth-order valence-corrected chi connectivity index (χ4v) is 3.17. The molecule has 3 N–H and O–H groups in total. The lowest BCUT2D eigenvalue weighted by atomic mass is 10.2. The van der Waals surface area contributed by atoms with Crippen LogP contribution < -0.4 is 17.0 Å². The topological polar surface area (TPSA) is 118 Å². The normalized spacial score (nSPS) is 10.8. The highest BCUT2D eigenvalue weighted by Crippen LogP contribution is 2.10. The van der Waals surface area contributed by atoms with Crippen LogP contribution in [0.5, 0.6) is 0 Å². The van der Waals surface area contributed by atoms with Crippen LogP contribution >= 0.6 is 0 Å². The van der Waals surface area contributed by atoms with E-state index in [-0.39, 0.29) is 31.8 Å². The Kier molecular flexibility index (Phi) is 6.23. The molecular weight excluding hydrogens is 372 g/mol. The number of carbonyl (C=O) groups is 2. The molecule has 8 heteroatoms. The Morgan fingerprint density at radius 1 is 0.966 bits per heavy atom. The molecule has 2 aromatic carbocycles. The average Bonchev–Trinajstić information content (AvgIpc) is 2.71. The summed E-state index contributed by atoms with van der Waals surface area (Å²) in [5, 5.41) is 0.384. The second-order valence-electron chi connectivity index (χ2n) is 6.70. The number of primary amides is 1. The van der Waals surface area contributed by atoms with Crippen LogP contribution in [0.25, 0.3) is 10.9 Å². The number of benzene rings is 2. The third-order valence-corrected chi connectivity index (χ3v) is 4.65. The van der Waals surface area contributed by atoms with Crippen LogP contribution in [-0.4, -0.2) is 32.8 Å². The lowest BCUT2D eigenvalue weighted by molar-refractivity contribution is -0.132. The van der Waals surface area contributed by atoms with Crippen molar-refractivity contribution in [3.63, 3.8) is 0 Å². The molecule has 0 bridgehead atoms. The highest BCUT2D eigenvalue weighted by Gasteiger charge is 2.16. The molecule has 0 fully saturated rings. The Morgan fingerprint density at radius 3 is 2.38 bits per heavy atom. The van der Waals surface area contributed by atoms with Crippen LogP contribution in [0.3, 0.4) is 0 Å². The predicted molar refractivity (Wildman–Crippen MR) is 109 cm³/mol. The lowest BCUT2D eigenvalue weighted by Crippen LogP contribution is -2.36. The Balaban J connectivity index is 1.79. The van der Waals surface area contributed by atoms with Gasteiger partial charge in [-0.05, 0) is 17.7 Å². The van der Waals surface area contributed by atoms with Crippen LogP contribution in [-0.2, 0) is 22.7 Å². The number of para-hydroxylation sites is 1. The van der Waals surface area contributed by atoms with Crippen molar-refractivity contribution in [1.29, 1.82) is 0 Å². The van der Waals surface area contributed by atoms with Gasteiger partial charge >= 0.3 is 5.69 Å². The van der Waals surface area contributed by atoms with E-state index in [1.54, 1.807) is 29.2 Å². The van der Waals surface area contributed by atoms with Crippen LogP contribution in [0.1, 0.15) is 18.4 Å². The molecule has 0 unspecified atom stereocenters. The quantitative estimate of drug-likeness (QED) is 0.592. The Labute approximate surface area is 166 Å². The first-order chi connectivity index (χ1) is 14.0. The van der Waals surface area contributed by atoms with Gasteiger partial charge in [-0.15, -0.1) is 0 Å². The molecule has 29 heavy (non-hydrogen) atoms. The fourth-order valence-electron chi connectivity index (χ4n) is 3.17. The summed E-state index contributed by atoms with van der Waals surface area (Å²) in [5.74, 6) is -0.698. The van der Waals surface area contributed by atoms with Gasteiger partial charge in [-0.25, -0.2) is 4.79 Å². The van der Waals surface area contributed by atoms with Crippen LogP contribution in [0.4, 0.5) is 0 Å². The average molecular weight is 394 g/mol. The summed E-state index contributed by atoms with van der Waals surface area (Å²) >= 11 is 0. The monoisotopic (exact) mass is 394 g/mol. The molecule has 1 aromatic heterocycles. The maximum absolute atomic E-state index is 12.8. The van der Waals surface area contributed by atoms with Gasteiger partial charge in [0.05, 0.1) is 10.9 Å². The SMILES string of the molecule is NC(=O)CCN(Cc1ccccc1)C(=O)CCn1c(=O)[nH]c(=O)c2ccccc21. The number of amides is 2. The minimum Gasteiger partial charge on any atom is -0.370 e. The first-order valence-corrected chi connectivity index (χ1v) is 9.27. The number of nitrogens with one attached hydrogen (secondary N) is 1. The van der Waals surface area contributed by atoms with Crippen LogP contribution in [0, 0.1) is 0 Å². The van der Waals surface area contributed by atoms with Crippen molar-refractivity contribution in [2.45, 2.75) is 25.9 Å². The van der Waals surface area contributed by atoms with Crippen molar-refractivity contribution in [3.8, 4) is 0 Å². The van der Waals surface area contributed by atoms with E-state index in [2.05, 4.69) is 4.98 Å². The Morgan fingerprint density at radius 2 is 1.66 bits per heavy atom. The van der Waals surface area contributed by atoms with E-state index < -0.39 is 17.2 Å². The van der Waals surface area contributed by atoms with E-state index in [0.29, 0.717) is 17.4 Å². The van der Waals surface area contributed by atoms with Gasteiger partial charge < -0.3 is 10.6 Å². The van der Waals surface area contributed by atoms with Gasteiger partial charge in [-0.3, -0.25) is 23.9 Å². The zero-order chi connectivity index (χ0) is 20.8. The molecule has 0 aliphatic rings. The standard InChI is InChI=1S/C21H22N4O4/c22-18(26)10-12-24(14-15-6-2-1-3-7-15)19(27)11-13-25-17-9-5-4-8-16(17)20(28)23-21(25)29/h1-9H,10-14H2,(H2,22,26)(H,23,28,29). The molecule has 3 aromatic rings. The lowest BCUT2D eigenvalue weighted by Gasteiger charge is -2.23. The van der Waals surface area contributed by atoms with Gasteiger partial charge in [0.15, 0.2) is 0 Å². The van der Waals surface area contributed by atoms with Gasteiger partial charge in [0.25, 0.3) is 5.56 Å². The smallest absolute Gasteiger partial charge is 0.328 e. The Bertz CT molecular complexity index is 1130. The van der Waals surface area contributed by atoms with E-state index in [9.17, 15) is 19.2 Å². The number of aryl methyl sites for hydroxylation is 1. The van der Waals surface area contributed by atoms with Crippen molar-refractivity contribution in [3.05, 3.63) is 81.0 Å². The molecule has 150 valence electrons. The number of H-pyrrole nitrogens is 1. The number of fused-ring (bicyclic) bond motifs is 1. The van der Waals surface area contributed by atoms with Crippen LogP contribution in [0.2, 0.25) is 0 Å². The van der Waals surface area contributed by atoms with E-state index in [0.717, 1.165) is 5.56 Å². The number of nitrogens with zero attached hydrogens (tertiary/aromatic N) is 2. The minimum atomic E-state index is -0.562. The Hall–Kier alpha value is -3.68. The number of aromatic amines is 1. The number of nitrogens with two attached hydrogens (primary N) is 1. The van der Waals surface area contributed by atoms with E-state index in [1.807, 2.05) is 30.3 Å². The summed E-state index contributed by atoms with van der Waals surface area (Å²) in [6.45, 7) is 0.648. The number of carbonyl (C=O) groups excluding carboxylic acids is 2. The summed E-state index contributed by atoms with van der Waals surface area (Å²) in [6.07, 6.45) is 0.0989. The van der Waals surface area contributed by atoms with Crippen LogP contribution in [0.15, 0.2) is 64.2 Å². The molecule has 0 spiro atoms. The molecule has 3 rings (SSSR count). The zero-order valence-corrected chi connectivity index (χ0v) is 15.8. The largest absolute Gasteiger partial charge is 0.370 e. The van der Waals surface area contributed by atoms with E-state index >= 15 is 0 Å². The first kappa shape index (κ1) is 20.1. The molecule has 0 saturated carbocycles. The van der Waals surface area contributed by atoms with Crippen molar-refractivity contribution in [1.82, 2.24) is 14.5 Å².